The van der Waals surface area contributed by atoms with Crippen molar-refractivity contribution in [3.05, 3.63) is 35.4 Å². The van der Waals surface area contributed by atoms with E-state index in [9.17, 15) is 8.78 Å². The molecular formula is C16H23F2N. The summed E-state index contributed by atoms with van der Waals surface area (Å²) in [6, 6.07) is 3.81. The van der Waals surface area contributed by atoms with Crippen LogP contribution in [0.15, 0.2) is 18.2 Å². The molecule has 2 unspecified atom stereocenters. The molecule has 0 aliphatic heterocycles. The lowest BCUT2D eigenvalue weighted by Crippen LogP contribution is -2.37. The fraction of sp³-hybridized carbons (Fsp3) is 0.625. The minimum Gasteiger partial charge on any atom is -0.330 e. The number of benzene rings is 1. The highest BCUT2D eigenvalue weighted by atomic mass is 19.1. The van der Waals surface area contributed by atoms with Crippen LogP contribution in [0.4, 0.5) is 8.78 Å². The maximum Gasteiger partial charge on any atom is 0.126 e. The van der Waals surface area contributed by atoms with Crippen LogP contribution in [-0.2, 0) is 6.42 Å². The molecule has 1 fully saturated rings. The van der Waals surface area contributed by atoms with Crippen LogP contribution in [0, 0.1) is 23.0 Å². The van der Waals surface area contributed by atoms with Gasteiger partial charge >= 0.3 is 0 Å². The van der Waals surface area contributed by atoms with Crippen LogP contribution in [0.25, 0.3) is 0 Å². The van der Waals surface area contributed by atoms with E-state index in [-0.39, 0.29) is 5.41 Å². The van der Waals surface area contributed by atoms with Crippen molar-refractivity contribution in [2.75, 3.05) is 6.54 Å². The molecule has 0 radical (unpaired) electrons. The van der Waals surface area contributed by atoms with Gasteiger partial charge in [0, 0.05) is 6.07 Å². The zero-order valence-electron chi connectivity index (χ0n) is 11.6. The maximum atomic E-state index is 13.3. The Labute approximate surface area is 114 Å². The van der Waals surface area contributed by atoms with Crippen molar-refractivity contribution in [3.8, 4) is 0 Å². The van der Waals surface area contributed by atoms with Crippen LogP contribution in [0.1, 0.15) is 44.6 Å². The summed E-state index contributed by atoms with van der Waals surface area (Å²) in [7, 11) is 0. The first-order valence-corrected chi connectivity index (χ1v) is 7.22. The van der Waals surface area contributed by atoms with Crippen molar-refractivity contribution in [2.45, 2.75) is 45.4 Å². The minimum absolute atomic E-state index is 0.0269. The van der Waals surface area contributed by atoms with Crippen molar-refractivity contribution in [2.24, 2.45) is 17.1 Å². The number of rotatable bonds is 4. The highest BCUT2D eigenvalue weighted by Gasteiger charge is 2.34. The highest BCUT2D eigenvalue weighted by molar-refractivity contribution is 5.20. The average molecular weight is 267 g/mol. The second-order valence-electron chi connectivity index (χ2n) is 6.03. The van der Waals surface area contributed by atoms with E-state index in [0.717, 1.165) is 24.5 Å². The Morgan fingerprint density at radius 2 is 1.95 bits per heavy atom. The highest BCUT2D eigenvalue weighted by Crippen LogP contribution is 2.42. The van der Waals surface area contributed by atoms with E-state index in [1.54, 1.807) is 0 Å². The van der Waals surface area contributed by atoms with Gasteiger partial charge in [-0.1, -0.05) is 26.2 Å². The molecule has 1 saturated carbocycles. The summed E-state index contributed by atoms with van der Waals surface area (Å²) < 4.78 is 26.6. The largest absolute Gasteiger partial charge is 0.330 e. The van der Waals surface area contributed by atoms with Crippen molar-refractivity contribution in [3.63, 3.8) is 0 Å². The zero-order valence-corrected chi connectivity index (χ0v) is 11.6. The fourth-order valence-electron chi connectivity index (χ4n) is 3.49. The Bertz CT molecular complexity index is 413. The lowest BCUT2D eigenvalue weighted by Gasteiger charge is -2.40. The zero-order chi connectivity index (χ0) is 13.9. The van der Waals surface area contributed by atoms with Gasteiger partial charge in [-0.05, 0) is 54.8 Å². The minimum atomic E-state index is -0.495. The second-order valence-corrected chi connectivity index (χ2v) is 6.03. The number of halogens is 2. The van der Waals surface area contributed by atoms with Crippen molar-refractivity contribution in [1.29, 1.82) is 0 Å². The maximum absolute atomic E-state index is 13.3. The van der Waals surface area contributed by atoms with Gasteiger partial charge in [0.2, 0.25) is 0 Å². The van der Waals surface area contributed by atoms with Gasteiger partial charge in [-0.25, -0.2) is 8.78 Å². The summed E-state index contributed by atoms with van der Waals surface area (Å²) >= 11 is 0. The van der Waals surface area contributed by atoms with E-state index in [1.807, 2.05) is 0 Å². The van der Waals surface area contributed by atoms with E-state index >= 15 is 0 Å². The molecule has 0 bridgehead atoms. The first kappa shape index (κ1) is 14.4. The summed E-state index contributed by atoms with van der Waals surface area (Å²) in [6.45, 7) is 2.81. The van der Waals surface area contributed by atoms with E-state index in [4.69, 9.17) is 5.73 Å². The quantitative estimate of drug-likeness (QED) is 0.875. The molecular weight excluding hydrogens is 244 g/mol. The van der Waals surface area contributed by atoms with Crippen molar-refractivity contribution >= 4 is 0 Å². The molecule has 3 heteroatoms. The summed E-state index contributed by atoms with van der Waals surface area (Å²) in [6.07, 6.45) is 6.44. The van der Waals surface area contributed by atoms with Crippen LogP contribution in [0.5, 0.6) is 0 Å². The van der Waals surface area contributed by atoms with Crippen LogP contribution >= 0.6 is 0 Å². The Balaban J connectivity index is 2.17. The van der Waals surface area contributed by atoms with Crippen LogP contribution in [0.3, 0.4) is 0 Å². The van der Waals surface area contributed by atoms with E-state index in [0.29, 0.717) is 18.9 Å². The summed E-state index contributed by atoms with van der Waals surface area (Å²) in [4.78, 5) is 0. The normalized spacial score (nSPS) is 27.5. The van der Waals surface area contributed by atoms with Crippen LogP contribution in [0.2, 0.25) is 0 Å². The molecule has 1 aliphatic rings. The average Bonchev–Trinajstić information content (AvgIpc) is 2.37. The molecule has 1 nitrogen and oxygen atoms in total. The van der Waals surface area contributed by atoms with Crippen LogP contribution in [-0.4, -0.2) is 6.54 Å². The molecule has 106 valence electrons. The van der Waals surface area contributed by atoms with Gasteiger partial charge in [0.15, 0.2) is 0 Å². The molecule has 0 spiro atoms. The smallest absolute Gasteiger partial charge is 0.126 e. The van der Waals surface area contributed by atoms with Gasteiger partial charge in [0.1, 0.15) is 11.6 Å². The Morgan fingerprint density at radius 1 is 1.26 bits per heavy atom. The van der Waals surface area contributed by atoms with Crippen molar-refractivity contribution in [1.82, 2.24) is 0 Å². The van der Waals surface area contributed by atoms with Gasteiger partial charge < -0.3 is 5.73 Å². The molecule has 2 atom stereocenters. The molecule has 2 rings (SSSR count). The fourth-order valence-corrected chi connectivity index (χ4v) is 3.49. The number of hydrogen-bond donors (Lipinski definition) is 1. The summed E-state index contributed by atoms with van der Waals surface area (Å²) in [5.74, 6) is -0.286. The molecule has 0 aromatic heterocycles. The number of nitrogens with two attached hydrogens (primary N) is 1. The summed E-state index contributed by atoms with van der Waals surface area (Å²) in [5, 5.41) is 0. The lowest BCUT2D eigenvalue weighted by molar-refractivity contribution is 0.142. The van der Waals surface area contributed by atoms with E-state index in [2.05, 4.69) is 6.92 Å². The second kappa shape index (κ2) is 6.00. The van der Waals surface area contributed by atoms with Gasteiger partial charge in [0.05, 0.1) is 0 Å². The van der Waals surface area contributed by atoms with Gasteiger partial charge in [-0.2, -0.15) is 0 Å². The predicted molar refractivity (Wildman–Crippen MR) is 73.8 cm³/mol. The molecule has 1 aromatic rings. The van der Waals surface area contributed by atoms with Crippen molar-refractivity contribution < 1.29 is 8.78 Å². The monoisotopic (exact) mass is 267 g/mol. The standard InChI is InChI=1S/C16H23F2N/c1-2-12-4-3-5-16(9-12,11-19)10-13-6-14(17)8-15(18)7-13/h6-8,12H,2-5,9-11,19H2,1H3. The third-order valence-corrected chi connectivity index (χ3v) is 4.55. The Morgan fingerprint density at radius 3 is 2.53 bits per heavy atom. The molecule has 1 aromatic carbocycles. The predicted octanol–water partition coefficient (Wildman–Crippen LogP) is 4.05. The summed E-state index contributed by atoms with van der Waals surface area (Å²) in [5.41, 5.74) is 6.75. The first-order chi connectivity index (χ1) is 9.07. The van der Waals surface area contributed by atoms with Gasteiger partial charge in [-0.3, -0.25) is 0 Å². The molecule has 0 amide bonds. The Hall–Kier alpha value is -0.960. The number of hydrogen-bond acceptors (Lipinski definition) is 1. The first-order valence-electron chi connectivity index (χ1n) is 7.22. The van der Waals surface area contributed by atoms with Gasteiger partial charge in [-0.15, -0.1) is 0 Å². The SMILES string of the molecule is CCC1CCCC(CN)(Cc2cc(F)cc(F)c2)C1. The van der Waals surface area contributed by atoms with E-state index in [1.165, 1.54) is 31.4 Å². The molecule has 0 heterocycles. The van der Waals surface area contributed by atoms with Crippen LogP contribution < -0.4 is 5.73 Å². The molecule has 19 heavy (non-hydrogen) atoms. The molecule has 2 N–H and O–H groups in total. The Kier molecular flexibility index (Phi) is 4.56. The third kappa shape index (κ3) is 3.53. The third-order valence-electron chi connectivity index (χ3n) is 4.55. The topological polar surface area (TPSA) is 26.0 Å². The lowest BCUT2D eigenvalue weighted by atomic mass is 9.66. The van der Waals surface area contributed by atoms with E-state index < -0.39 is 11.6 Å². The van der Waals surface area contributed by atoms with Gasteiger partial charge in [0.25, 0.3) is 0 Å². The molecule has 1 aliphatic carbocycles. The molecule has 0 saturated heterocycles.